The van der Waals surface area contributed by atoms with Gasteiger partial charge in [-0.15, -0.1) is 0 Å². The van der Waals surface area contributed by atoms with Crippen molar-refractivity contribution in [2.45, 2.75) is 118 Å². The normalized spacial score (nSPS) is 41.9. The van der Waals surface area contributed by atoms with E-state index in [4.69, 9.17) is 0 Å². The van der Waals surface area contributed by atoms with Gasteiger partial charge in [-0.2, -0.15) is 0 Å². The molecule has 7 atom stereocenters. The van der Waals surface area contributed by atoms with Crippen LogP contribution in [0.15, 0.2) is 23.3 Å². The minimum Gasteiger partial charge on any atom is -0.390 e. The van der Waals surface area contributed by atoms with Crippen LogP contribution in [0.2, 0.25) is 0 Å². The van der Waals surface area contributed by atoms with Crippen LogP contribution < -0.4 is 0 Å². The second-order valence-corrected chi connectivity index (χ2v) is 13.9. The van der Waals surface area contributed by atoms with Gasteiger partial charge in [0, 0.05) is 11.8 Å². The van der Waals surface area contributed by atoms with Gasteiger partial charge < -0.3 is 10.2 Å². The van der Waals surface area contributed by atoms with Gasteiger partial charge in [0.25, 0.3) is 0 Å². The summed E-state index contributed by atoms with van der Waals surface area (Å²) in [6.07, 6.45) is 12.3. The highest BCUT2D eigenvalue weighted by atomic mass is 16.3. The van der Waals surface area contributed by atoms with Crippen molar-refractivity contribution in [3.05, 3.63) is 23.3 Å². The molecular weight excluding hydrogens is 408 g/mol. The summed E-state index contributed by atoms with van der Waals surface area (Å²) >= 11 is 0. The molecule has 2 N–H and O–H groups in total. The van der Waals surface area contributed by atoms with Crippen molar-refractivity contribution in [3.8, 4) is 0 Å². The van der Waals surface area contributed by atoms with E-state index in [9.17, 15) is 15.0 Å². The summed E-state index contributed by atoms with van der Waals surface area (Å²) in [5.74, 6) is 1.93. The first kappa shape index (κ1) is 25.2. The van der Waals surface area contributed by atoms with Crippen LogP contribution in [-0.2, 0) is 4.79 Å². The van der Waals surface area contributed by atoms with E-state index in [2.05, 4.69) is 53.7 Å². The Labute approximate surface area is 202 Å². The van der Waals surface area contributed by atoms with Crippen LogP contribution in [0.25, 0.3) is 0 Å². The van der Waals surface area contributed by atoms with E-state index in [0.717, 1.165) is 19.3 Å². The first-order valence-corrected chi connectivity index (χ1v) is 13.5. The maximum Gasteiger partial charge on any atom is 0.138 e. The maximum atomic E-state index is 12.8. The third-order valence-corrected chi connectivity index (χ3v) is 11.4. The molecule has 186 valence electrons. The lowest BCUT2D eigenvalue weighted by Crippen LogP contribution is -2.57. The zero-order valence-corrected chi connectivity index (χ0v) is 22.4. The average Bonchev–Trinajstić information content (AvgIpc) is 3.07. The Kier molecular flexibility index (Phi) is 5.94. The van der Waals surface area contributed by atoms with Crippen molar-refractivity contribution < 1.29 is 15.0 Å². The molecule has 0 aliphatic heterocycles. The van der Waals surface area contributed by atoms with E-state index in [0.29, 0.717) is 36.4 Å². The minimum absolute atomic E-state index is 0.107. The molecule has 0 aromatic rings. The molecule has 0 spiro atoms. The fourth-order valence-corrected chi connectivity index (χ4v) is 8.80. The largest absolute Gasteiger partial charge is 0.390 e. The Morgan fingerprint density at radius 2 is 1.64 bits per heavy atom. The van der Waals surface area contributed by atoms with Crippen LogP contribution in [0.3, 0.4) is 0 Å². The molecule has 0 saturated heterocycles. The molecule has 3 nitrogen and oxygen atoms in total. The number of ketones is 1. The lowest BCUT2D eigenvalue weighted by atomic mass is 9.40. The number of carbonyl (C=O) groups excluding carboxylic acids is 1. The quantitative estimate of drug-likeness (QED) is 0.488. The monoisotopic (exact) mass is 456 g/mol. The molecule has 3 heteroatoms. The number of Topliss-reactive ketones (excluding diaryl/α,β-unsaturated/α-hetero) is 1. The van der Waals surface area contributed by atoms with Gasteiger partial charge in [0.15, 0.2) is 0 Å². The Balaban J connectivity index is 1.64. The van der Waals surface area contributed by atoms with Crippen molar-refractivity contribution in [3.63, 3.8) is 0 Å². The molecule has 33 heavy (non-hydrogen) atoms. The zero-order chi connectivity index (χ0) is 24.6. The molecule has 7 unspecified atom stereocenters. The fraction of sp³-hybridized carbons (Fsp3) is 0.833. The number of hydrogen-bond donors (Lipinski definition) is 2. The molecule has 0 aromatic heterocycles. The van der Waals surface area contributed by atoms with Crippen LogP contribution in [0, 0.1) is 39.4 Å². The molecule has 4 rings (SSSR count). The molecule has 0 bridgehead atoms. The Hall–Kier alpha value is -0.930. The summed E-state index contributed by atoms with van der Waals surface area (Å²) in [4.78, 5) is 12.8. The third kappa shape index (κ3) is 3.54. The smallest absolute Gasteiger partial charge is 0.138 e. The van der Waals surface area contributed by atoms with Gasteiger partial charge >= 0.3 is 0 Å². The van der Waals surface area contributed by atoms with E-state index in [1.165, 1.54) is 19.3 Å². The number of aliphatic hydroxyl groups is 2. The number of aliphatic hydroxyl groups excluding tert-OH is 1. The van der Waals surface area contributed by atoms with Crippen molar-refractivity contribution in [1.82, 2.24) is 0 Å². The second kappa shape index (κ2) is 7.79. The molecule has 4 aliphatic carbocycles. The van der Waals surface area contributed by atoms with Crippen molar-refractivity contribution in [2.24, 2.45) is 39.4 Å². The first-order chi connectivity index (χ1) is 15.1. The van der Waals surface area contributed by atoms with Crippen molar-refractivity contribution in [1.29, 1.82) is 0 Å². The van der Waals surface area contributed by atoms with E-state index >= 15 is 0 Å². The SMILES string of the molecule is CC(CCC(O)C(C)(C)O)C1CCC2(C)C1=CC=C1C3(C)CCC(=O)C(C)(C)C3CCC12C. The molecule has 0 heterocycles. The van der Waals surface area contributed by atoms with Gasteiger partial charge in [-0.05, 0) is 92.8 Å². The summed E-state index contributed by atoms with van der Waals surface area (Å²) in [6.45, 7) is 17.6. The summed E-state index contributed by atoms with van der Waals surface area (Å²) in [5, 5.41) is 20.5. The molecule has 3 saturated carbocycles. The predicted molar refractivity (Wildman–Crippen MR) is 135 cm³/mol. The van der Waals surface area contributed by atoms with Gasteiger partial charge in [0.05, 0.1) is 11.7 Å². The van der Waals surface area contributed by atoms with E-state index in [1.54, 1.807) is 25.0 Å². The highest BCUT2D eigenvalue weighted by Gasteiger charge is 2.64. The van der Waals surface area contributed by atoms with Crippen LogP contribution in [0.5, 0.6) is 0 Å². The standard InChI is InChI=1S/C30H48O3/c1-19(9-12-25(32)27(4,5)33)20-13-17-29(7)21(20)10-11-23-28(6)16-15-24(31)26(2,3)22(28)14-18-30(23,29)8/h10-11,19-20,22,25,32-33H,9,12-18H2,1-8H3. The fourth-order valence-electron chi connectivity index (χ4n) is 8.80. The highest BCUT2D eigenvalue weighted by molar-refractivity contribution is 5.85. The van der Waals surface area contributed by atoms with Gasteiger partial charge in [-0.25, -0.2) is 0 Å². The maximum absolute atomic E-state index is 12.8. The topological polar surface area (TPSA) is 57.5 Å². The van der Waals surface area contributed by atoms with E-state index in [1.807, 2.05) is 0 Å². The van der Waals surface area contributed by atoms with Crippen LogP contribution in [0.4, 0.5) is 0 Å². The molecule has 0 aromatic carbocycles. The van der Waals surface area contributed by atoms with Gasteiger partial charge in [-0.1, -0.05) is 64.8 Å². The molecule has 0 radical (unpaired) electrons. The van der Waals surface area contributed by atoms with Crippen LogP contribution in [0.1, 0.15) is 107 Å². The summed E-state index contributed by atoms with van der Waals surface area (Å²) < 4.78 is 0. The highest BCUT2D eigenvalue weighted by Crippen LogP contribution is 2.72. The van der Waals surface area contributed by atoms with Crippen LogP contribution >= 0.6 is 0 Å². The Morgan fingerprint density at radius 1 is 1.00 bits per heavy atom. The van der Waals surface area contributed by atoms with E-state index in [-0.39, 0.29) is 21.7 Å². The van der Waals surface area contributed by atoms with Gasteiger partial charge in [0.1, 0.15) is 5.78 Å². The third-order valence-electron chi connectivity index (χ3n) is 11.4. The number of allylic oxidation sites excluding steroid dienone is 4. The Bertz CT molecular complexity index is 873. The van der Waals surface area contributed by atoms with Crippen LogP contribution in [-0.4, -0.2) is 27.7 Å². The zero-order valence-electron chi connectivity index (χ0n) is 22.4. The lowest BCUT2D eigenvalue weighted by Gasteiger charge is -2.63. The molecule has 3 fully saturated rings. The van der Waals surface area contributed by atoms with Gasteiger partial charge in [-0.3, -0.25) is 4.79 Å². The molecule has 4 aliphatic rings. The number of rotatable bonds is 5. The molecule has 0 amide bonds. The first-order valence-electron chi connectivity index (χ1n) is 13.5. The Morgan fingerprint density at radius 3 is 2.27 bits per heavy atom. The summed E-state index contributed by atoms with van der Waals surface area (Å²) in [5.41, 5.74) is 2.40. The number of hydrogen-bond acceptors (Lipinski definition) is 3. The predicted octanol–water partition coefficient (Wildman–Crippen LogP) is 6.63. The number of carbonyl (C=O) groups is 1. The second-order valence-electron chi connectivity index (χ2n) is 13.9. The minimum atomic E-state index is -1.04. The van der Waals surface area contributed by atoms with Crippen molar-refractivity contribution in [2.75, 3.05) is 0 Å². The average molecular weight is 457 g/mol. The van der Waals surface area contributed by atoms with Crippen molar-refractivity contribution >= 4 is 5.78 Å². The van der Waals surface area contributed by atoms with E-state index < -0.39 is 11.7 Å². The molecular formula is C30H48O3. The summed E-state index contributed by atoms with van der Waals surface area (Å²) in [6, 6.07) is 0. The number of fused-ring (bicyclic) bond motifs is 5. The summed E-state index contributed by atoms with van der Waals surface area (Å²) in [7, 11) is 0. The lowest BCUT2D eigenvalue weighted by molar-refractivity contribution is -0.142. The van der Waals surface area contributed by atoms with Gasteiger partial charge in [0.2, 0.25) is 0 Å².